The molecule has 176 valence electrons. The highest BCUT2D eigenvalue weighted by Gasteiger charge is 2.51. The summed E-state index contributed by atoms with van der Waals surface area (Å²) in [5, 5.41) is 2.54. The average molecular weight is 482 g/mol. The minimum absolute atomic E-state index is 0.306. The van der Waals surface area contributed by atoms with Crippen LogP contribution in [0.4, 0.5) is 0 Å². The Morgan fingerprint density at radius 2 is 0.868 bits per heavy atom. The van der Waals surface area contributed by atoms with Gasteiger partial charge in [0.05, 0.1) is 5.41 Å². The lowest BCUT2D eigenvalue weighted by Gasteiger charge is -2.30. The number of H-pyrrole nitrogens is 1. The quantitative estimate of drug-likeness (QED) is 0.240. The number of hydrogen-bond acceptors (Lipinski definition) is 0. The molecule has 1 heterocycles. The van der Waals surface area contributed by atoms with Gasteiger partial charge in [0.15, 0.2) is 0 Å². The Morgan fingerprint density at radius 3 is 1.55 bits per heavy atom. The first kappa shape index (κ1) is 20.2. The van der Waals surface area contributed by atoms with Crippen LogP contribution in [0.1, 0.15) is 22.3 Å². The molecule has 7 aromatic rings. The Hall–Kier alpha value is -4.88. The third-order valence-electron chi connectivity index (χ3n) is 8.84. The highest BCUT2D eigenvalue weighted by molar-refractivity contribution is 6.08. The number of rotatable bonds is 1. The molecule has 1 N–H and O–H groups in total. The van der Waals surface area contributed by atoms with Crippen molar-refractivity contribution in [2.24, 2.45) is 0 Å². The van der Waals surface area contributed by atoms with Gasteiger partial charge in [0.25, 0.3) is 0 Å². The van der Waals surface area contributed by atoms with Crippen molar-refractivity contribution in [3.63, 3.8) is 0 Å². The zero-order valence-electron chi connectivity index (χ0n) is 20.7. The van der Waals surface area contributed by atoms with Crippen molar-refractivity contribution in [1.82, 2.24) is 4.98 Å². The second kappa shape index (κ2) is 7.12. The molecule has 1 heteroatoms. The molecule has 2 aliphatic rings. The Kier molecular flexibility index (Phi) is 3.78. The standard InChI is InChI=1S/C37H23N/c1-5-13-31-25(9-1)26-10-2-6-14-32(26)37(31)33-15-7-3-11-27(33)28-19-17-24(22-34(28)37)23-18-20-36-30(21-23)29-12-4-8-16-35(29)38-36/h1-22,38H. The first-order valence-electron chi connectivity index (χ1n) is 13.3. The number of nitrogens with one attached hydrogen (secondary N) is 1. The van der Waals surface area contributed by atoms with Crippen molar-refractivity contribution < 1.29 is 0 Å². The summed E-state index contributed by atoms with van der Waals surface area (Å²) in [4.78, 5) is 3.57. The summed E-state index contributed by atoms with van der Waals surface area (Å²) in [5.41, 5.74) is 15.5. The van der Waals surface area contributed by atoms with E-state index in [0.29, 0.717) is 0 Å². The molecule has 0 fully saturated rings. The third-order valence-corrected chi connectivity index (χ3v) is 8.84. The van der Waals surface area contributed by atoms with Gasteiger partial charge in [-0.25, -0.2) is 0 Å². The molecule has 0 atom stereocenters. The van der Waals surface area contributed by atoms with Gasteiger partial charge in [0, 0.05) is 21.8 Å². The van der Waals surface area contributed by atoms with E-state index < -0.39 is 0 Å². The molecule has 0 radical (unpaired) electrons. The second-order valence-corrected chi connectivity index (χ2v) is 10.6. The van der Waals surface area contributed by atoms with Crippen molar-refractivity contribution in [1.29, 1.82) is 0 Å². The van der Waals surface area contributed by atoms with E-state index in [1.54, 1.807) is 0 Å². The maximum Gasteiger partial charge on any atom is 0.0725 e. The lowest BCUT2D eigenvalue weighted by molar-refractivity contribution is 0.794. The largest absolute Gasteiger partial charge is 0.355 e. The topological polar surface area (TPSA) is 15.8 Å². The van der Waals surface area contributed by atoms with Gasteiger partial charge in [-0.15, -0.1) is 0 Å². The van der Waals surface area contributed by atoms with E-state index in [2.05, 4.69) is 138 Å². The second-order valence-electron chi connectivity index (χ2n) is 10.6. The highest BCUT2D eigenvalue weighted by atomic mass is 14.7. The molecule has 2 aliphatic carbocycles. The van der Waals surface area contributed by atoms with Crippen LogP contribution in [0, 0.1) is 0 Å². The van der Waals surface area contributed by atoms with Crippen molar-refractivity contribution in [2.45, 2.75) is 5.41 Å². The van der Waals surface area contributed by atoms with Crippen LogP contribution in [0.3, 0.4) is 0 Å². The van der Waals surface area contributed by atoms with Crippen LogP contribution in [0.2, 0.25) is 0 Å². The Balaban J connectivity index is 1.35. The van der Waals surface area contributed by atoms with E-state index in [1.165, 1.54) is 77.4 Å². The summed E-state index contributed by atoms with van der Waals surface area (Å²) in [7, 11) is 0. The minimum Gasteiger partial charge on any atom is -0.355 e. The fraction of sp³-hybridized carbons (Fsp3) is 0.0270. The number of hydrogen-bond donors (Lipinski definition) is 1. The monoisotopic (exact) mass is 481 g/mol. The number of aromatic nitrogens is 1. The van der Waals surface area contributed by atoms with Crippen LogP contribution in [-0.2, 0) is 5.41 Å². The molecule has 9 rings (SSSR count). The predicted molar refractivity (Wildman–Crippen MR) is 158 cm³/mol. The first-order chi connectivity index (χ1) is 18.8. The van der Waals surface area contributed by atoms with E-state index in [-0.39, 0.29) is 5.41 Å². The van der Waals surface area contributed by atoms with E-state index in [9.17, 15) is 0 Å². The summed E-state index contributed by atoms with van der Waals surface area (Å²) in [6.45, 7) is 0. The van der Waals surface area contributed by atoms with Crippen LogP contribution < -0.4 is 0 Å². The predicted octanol–water partition coefficient (Wildman–Crippen LogP) is 9.33. The molecule has 0 bridgehead atoms. The molecule has 0 unspecified atom stereocenters. The zero-order valence-corrected chi connectivity index (χ0v) is 20.7. The van der Waals surface area contributed by atoms with Crippen LogP contribution >= 0.6 is 0 Å². The molecule has 1 aromatic heterocycles. The molecule has 0 saturated heterocycles. The number of para-hydroxylation sites is 1. The number of fused-ring (bicyclic) bond motifs is 13. The molecule has 1 nitrogen and oxygen atoms in total. The molecule has 6 aromatic carbocycles. The number of aromatic amines is 1. The molecular formula is C37H23N. The normalized spacial score (nSPS) is 14.0. The highest BCUT2D eigenvalue weighted by Crippen LogP contribution is 2.62. The van der Waals surface area contributed by atoms with Gasteiger partial charge < -0.3 is 4.98 Å². The Bertz CT molecular complexity index is 2030. The first-order valence-corrected chi connectivity index (χ1v) is 13.3. The summed E-state index contributed by atoms with van der Waals surface area (Å²) >= 11 is 0. The summed E-state index contributed by atoms with van der Waals surface area (Å²) < 4.78 is 0. The Labute approximate surface area is 221 Å². The molecule has 38 heavy (non-hydrogen) atoms. The smallest absolute Gasteiger partial charge is 0.0725 e. The van der Waals surface area contributed by atoms with Crippen LogP contribution in [-0.4, -0.2) is 4.98 Å². The maximum absolute atomic E-state index is 3.57. The van der Waals surface area contributed by atoms with Gasteiger partial charge in [0.2, 0.25) is 0 Å². The number of benzene rings is 6. The van der Waals surface area contributed by atoms with Gasteiger partial charge in [-0.1, -0.05) is 109 Å². The zero-order chi connectivity index (χ0) is 24.8. The maximum atomic E-state index is 3.57. The molecular weight excluding hydrogens is 458 g/mol. The molecule has 0 aliphatic heterocycles. The van der Waals surface area contributed by atoms with E-state index >= 15 is 0 Å². The lowest BCUT2D eigenvalue weighted by Crippen LogP contribution is -2.25. The van der Waals surface area contributed by atoms with Gasteiger partial charge in [-0.2, -0.15) is 0 Å². The van der Waals surface area contributed by atoms with Crippen LogP contribution in [0.25, 0.3) is 55.2 Å². The van der Waals surface area contributed by atoms with Crippen LogP contribution in [0.5, 0.6) is 0 Å². The molecule has 0 saturated carbocycles. The van der Waals surface area contributed by atoms with E-state index in [4.69, 9.17) is 0 Å². The third kappa shape index (κ3) is 2.37. The van der Waals surface area contributed by atoms with Crippen LogP contribution in [0.15, 0.2) is 133 Å². The van der Waals surface area contributed by atoms with Gasteiger partial charge in [0.1, 0.15) is 0 Å². The average Bonchev–Trinajstić information content (AvgIpc) is 3.60. The van der Waals surface area contributed by atoms with Crippen molar-refractivity contribution in [2.75, 3.05) is 0 Å². The van der Waals surface area contributed by atoms with E-state index in [1.807, 2.05) is 0 Å². The lowest BCUT2D eigenvalue weighted by atomic mass is 9.70. The fourth-order valence-electron chi connectivity index (χ4n) is 7.30. The minimum atomic E-state index is -0.306. The van der Waals surface area contributed by atoms with Gasteiger partial charge >= 0.3 is 0 Å². The van der Waals surface area contributed by atoms with E-state index in [0.717, 1.165) is 0 Å². The van der Waals surface area contributed by atoms with Crippen molar-refractivity contribution in [3.8, 4) is 33.4 Å². The summed E-state index contributed by atoms with van der Waals surface area (Å²) in [6.07, 6.45) is 0. The summed E-state index contributed by atoms with van der Waals surface area (Å²) in [6, 6.07) is 49.5. The van der Waals surface area contributed by atoms with Crippen molar-refractivity contribution >= 4 is 21.8 Å². The summed E-state index contributed by atoms with van der Waals surface area (Å²) in [5.74, 6) is 0. The SMILES string of the molecule is c1ccc2c(c1)-c1ccccc1C21c2ccccc2-c2ccc(-c3ccc4[nH]c5ccccc5c4c3)cc21. The van der Waals surface area contributed by atoms with Gasteiger partial charge in [-0.05, 0) is 79.9 Å². The van der Waals surface area contributed by atoms with Gasteiger partial charge in [-0.3, -0.25) is 0 Å². The Morgan fingerprint density at radius 1 is 0.368 bits per heavy atom. The fourth-order valence-corrected chi connectivity index (χ4v) is 7.30. The molecule has 1 spiro atoms. The molecule has 0 amide bonds. The van der Waals surface area contributed by atoms with Crippen molar-refractivity contribution in [3.05, 3.63) is 156 Å².